The van der Waals surface area contributed by atoms with E-state index in [0.29, 0.717) is 32.1 Å². The number of guanidine groups is 1. The molecule has 1 unspecified atom stereocenters. The zero-order valence-electron chi connectivity index (χ0n) is 17.8. The summed E-state index contributed by atoms with van der Waals surface area (Å²) in [5.74, 6) is 2.43. The van der Waals surface area contributed by atoms with E-state index in [1.165, 1.54) is 5.56 Å². The molecule has 2 aromatic rings. The number of ether oxygens (including phenoxy) is 2. The number of carbonyl (C=O) groups is 1. The van der Waals surface area contributed by atoms with E-state index in [1.807, 2.05) is 56.3 Å². The van der Waals surface area contributed by atoms with Crippen molar-refractivity contribution < 1.29 is 14.3 Å². The molecule has 3 rings (SSSR count). The number of aliphatic imine (C=N–C) groups is 1. The summed E-state index contributed by atoms with van der Waals surface area (Å²) in [6, 6.07) is 13.8. The van der Waals surface area contributed by atoms with E-state index in [-0.39, 0.29) is 12.0 Å². The van der Waals surface area contributed by atoms with E-state index in [1.54, 1.807) is 7.05 Å². The highest BCUT2D eigenvalue weighted by Crippen LogP contribution is 2.26. The van der Waals surface area contributed by atoms with Crippen LogP contribution >= 0.6 is 0 Å². The number of aryl methyl sites for hydroxylation is 2. The van der Waals surface area contributed by atoms with E-state index in [4.69, 9.17) is 9.47 Å². The van der Waals surface area contributed by atoms with Crippen molar-refractivity contribution in [3.63, 3.8) is 0 Å². The average molecular weight is 411 g/mol. The molecule has 0 bridgehead atoms. The minimum Gasteiger partial charge on any atom is -0.492 e. The molecule has 0 fully saturated rings. The van der Waals surface area contributed by atoms with Crippen LogP contribution in [0.2, 0.25) is 0 Å². The fourth-order valence-electron chi connectivity index (χ4n) is 3.21. The first-order valence-electron chi connectivity index (χ1n) is 10.3. The number of benzene rings is 2. The number of hydrogen-bond acceptors (Lipinski definition) is 4. The van der Waals surface area contributed by atoms with Gasteiger partial charge in [0.1, 0.15) is 24.2 Å². The van der Waals surface area contributed by atoms with Crippen LogP contribution in [0.25, 0.3) is 0 Å². The lowest BCUT2D eigenvalue weighted by Gasteiger charge is -2.19. The first-order valence-corrected chi connectivity index (χ1v) is 10.3. The van der Waals surface area contributed by atoms with Crippen LogP contribution in [0.15, 0.2) is 47.5 Å². The molecule has 0 aromatic heterocycles. The highest BCUT2D eigenvalue weighted by molar-refractivity contribution is 5.94. The maximum Gasteiger partial charge on any atom is 0.224 e. The Morgan fingerprint density at radius 2 is 2.03 bits per heavy atom. The molecule has 0 radical (unpaired) electrons. The van der Waals surface area contributed by atoms with Gasteiger partial charge in [0.15, 0.2) is 5.96 Å². The van der Waals surface area contributed by atoms with Gasteiger partial charge in [-0.05, 0) is 61.7 Å². The number of rotatable bonds is 8. The summed E-state index contributed by atoms with van der Waals surface area (Å²) in [6.45, 7) is 5.81. The maximum atomic E-state index is 11.4. The molecule has 30 heavy (non-hydrogen) atoms. The molecular weight excluding hydrogens is 380 g/mol. The Balaban J connectivity index is 1.37. The Morgan fingerprint density at radius 1 is 1.17 bits per heavy atom. The topological polar surface area (TPSA) is 84.0 Å². The number of hydrogen-bond donors (Lipinski definition) is 3. The van der Waals surface area contributed by atoms with Crippen LogP contribution in [0.4, 0.5) is 5.69 Å². The molecule has 1 aliphatic heterocycles. The predicted octanol–water partition coefficient (Wildman–Crippen LogP) is 2.89. The second kappa shape index (κ2) is 10.5. The Kier molecular flexibility index (Phi) is 7.54. The fraction of sp³-hybridized carbons (Fsp3) is 0.391. The zero-order valence-corrected chi connectivity index (χ0v) is 17.8. The molecule has 7 heteroatoms. The average Bonchev–Trinajstić information content (AvgIpc) is 2.73. The normalized spacial score (nSPS) is 14.4. The first-order chi connectivity index (χ1) is 14.5. The minimum absolute atomic E-state index is 0.00223. The van der Waals surface area contributed by atoms with E-state index in [0.717, 1.165) is 29.2 Å². The molecular formula is C23H30N4O3. The monoisotopic (exact) mass is 410 g/mol. The standard InChI is InChI=1S/C23H30N4O3/c1-16-5-4-6-20(13-16)30-17(2)15-26-23(24-3)25-11-12-29-19-8-9-21-18(14-19)7-10-22(28)27-21/h4-6,8-9,13-14,17H,7,10-12,15H2,1-3H3,(H,27,28)(H2,24,25,26). The summed E-state index contributed by atoms with van der Waals surface area (Å²) >= 11 is 0. The molecule has 1 heterocycles. The van der Waals surface area contributed by atoms with E-state index in [9.17, 15) is 4.79 Å². The van der Waals surface area contributed by atoms with Gasteiger partial charge < -0.3 is 25.4 Å². The molecule has 0 saturated heterocycles. The lowest BCUT2D eigenvalue weighted by atomic mass is 10.0. The smallest absolute Gasteiger partial charge is 0.224 e. The van der Waals surface area contributed by atoms with Crippen molar-refractivity contribution in [2.75, 3.05) is 32.1 Å². The van der Waals surface area contributed by atoms with Crippen LogP contribution in [0.5, 0.6) is 11.5 Å². The largest absolute Gasteiger partial charge is 0.492 e. The van der Waals surface area contributed by atoms with Gasteiger partial charge in [-0.15, -0.1) is 0 Å². The molecule has 2 aromatic carbocycles. The van der Waals surface area contributed by atoms with Gasteiger partial charge in [0.25, 0.3) is 0 Å². The molecule has 3 N–H and O–H groups in total. The number of fused-ring (bicyclic) bond motifs is 1. The number of nitrogens with zero attached hydrogens (tertiary/aromatic N) is 1. The number of amides is 1. The van der Waals surface area contributed by atoms with Crippen LogP contribution in [0.3, 0.4) is 0 Å². The van der Waals surface area contributed by atoms with Crippen LogP contribution in [0, 0.1) is 6.92 Å². The third-order valence-corrected chi connectivity index (χ3v) is 4.74. The van der Waals surface area contributed by atoms with Crippen molar-refractivity contribution in [2.45, 2.75) is 32.8 Å². The lowest BCUT2D eigenvalue weighted by molar-refractivity contribution is -0.116. The molecule has 0 aliphatic carbocycles. The van der Waals surface area contributed by atoms with Gasteiger partial charge in [0, 0.05) is 19.2 Å². The lowest BCUT2D eigenvalue weighted by Crippen LogP contribution is -2.43. The molecule has 0 saturated carbocycles. The van der Waals surface area contributed by atoms with Crippen molar-refractivity contribution in [3.05, 3.63) is 53.6 Å². The number of carbonyl (C=O) groups excluding carboxylic acids is 1. The Hall–Kier alpha value is -3.22. The maximum absolute atomic E-state index is 11.4. The van der Waals surface area contributed by atoms with E-state index < -0.39 is 0 Å². The van der Waals surface area contributed by atoms with Crippen LogP contribution in [0.1, 0.15) is 24.5 Å². The van der Waals surface area contributed by atoms with Gasteiger partial charge in [0.2, 0.25) is 5.91 Å². The SMILES string of the molecule is CN=C(NCCOc1ccc2c(c1)CCC(=O)N2)NCC(C)Oc1cccc(C)c1. The fourth-order valence-corrected chi connectivity index (χ4v) is 3.21. The summed E-state index contributed by atoms with van der Waals surface area (Å²) in [5, 5.41) is 9.38. The van der Waals surface area contributed by atoms with Gasteiger partial charge in [-0.3, -0.25) is 9.79 Å². The van der Waals surface area contributed by atoms with Crippen LogP contribution in [-0.2, 0) is 11.2 Å². The Morgan fingerprint density at radius 3 is 2.83 bits per heavy atom. The quantitative estimate of drug-likeness (QED) is 0.354. The molecule has 160 valence electrons. The highest BCUT2D eigenvalue weighted by atomic mass is 16.5. The second-order valence-corrected chi connectivity index (χ2v) is 7.34. The Labute approximate surface area is 177 Å². The highest BCUT2D eigenvalue weighted by Gasteiger charge is 2.15. The molecule has 1 atom stereocenters. The van der Waals surface area contributed by atoms with Gasteiger partial charge in [0.05, 0.1) is 13.1 Å². The zero-order chi connectivity index (χ0) is 21.3. The first kappa shape index (κ1) is 21.5. The minimum atomic E-state index is -0.00223. The van der Waals surface area contributed by atoms with Crippen molar-refractivity contribution in [1.82, 2.24) is 10.6 Å². The molecule has 7 nitrogen and oxygen atoms in total. The molecule has 0 spiro atoms. The summed E-state index contributed by atoms with van der Waals surface area (Å²) < 4.78 is 11.8. The number of anilines is 1. The van der Waals surface area contributed by atoms with Crippen molar-refractivity contribution in [1.29, 1.82) is 0 Å². The summed E-state index contributed by atoms with van der Waals surface area (Å²) in [4.78, 5) is 15.7. The molecule has 1 amide bonds. The summed E-state index contributed by atoms with van der Waals surface area (Å²) in [6.07, 6.45) is 1.26. The second-order valence-electron chi connectivity index (χ2n) is 7.34. The number of nitrogens with one attached hydrogen (secondary N) is 3. The van der Waals surface area contributed by atoms with Crippen LogP contribution < -0.4 is 25.4 Å². The van der Waals surface area contributed by atoms with Crippen molar-refractivity contribution in [2.24, 2.45) is 4.99 Å². The summed E-state index contributed by atoms with van der Waals surface area (Å²) in [7, 11) is 1.74. The van der Waals surface area contributed by atoms with E-state index >= 15 is 0 Å². The van der Waals surface area contributed by atoms with E-state index in [2.05, 4.69) is 20.9 Å². The van der Waals surface area contributed by atoms with Crippen molar-refractivity contribution >= 4 is 17.6 Å². The third kappa shape index (κ3) is 6.40. The summed E-state index contributed by atoms with van der Waals surface area (Å²) in [5.41, 5.74) is 3.16. The van der Waals surface area contributed by atoms with Gasteiger partial charge in [-0.2, -0.15) is 0 Å². The van der Waals surface area contributed by atoms with Crippen LogP contribution in [-0.4, -0.2) is 44.7 Å². The van der Waals surface area contributed by atoms with Gasteiger partial charge in [-0.1, -0.05) is 12.1 Å². The Bertz CT molecular complexity index is 898. The van der Waals surface area contributed by atoms with Gasteiger partial charge in [-0.25, -0.2) is 0 Å². The molecule has 1 aliphatic rings. The van der Waals surface area contributed by atoms with Gasteiger partial charge >= 0.3 is 0 Å². The predicted molar refractivity (Wildman–Crippen MR) is 120 cm³/mol. The van der Waals surface area contributed by atoms with Crippen molar-refractivity contribution in [3.8, 4) is 11.5 Å². The third-order valence-electron chi connectivity index (χ3n) is 4.74.